The van der Waals surface area contributed by atoms with Gasteiger partial charge in [0.2, 0.25) is 0 Å². The van der Waals surface area contributed by atoms with Gasteiger partial charge < -0.3 is 9.47 Å². The van der Waals surface area contributed by atoms with Crippen LogP contribution in [-0.4, -0.2) is 26.4 Å². The minimum atomic E-state index is 0.411. The molecule has 3 atom stereocenters. The highest BCUT2D eigenvalue weighted by atomic mass is 16.5. The van der Waals surface area contributed by atoms with E-state index in [-0.39, 0.29) is 0 Å². The highest BCUT2D eigenvalue weighted by molar-refractivity contribution is 4.80. The lowest BCUT2D eigenvalue weighted by molar-refractivity contribution is -0.0556. The van der Waals surface area contributed by atoms with Gasteiger partial charge in [0.1, 0.15) is 0 Å². The molecule has 0 bridgehead atoms. The maximum atomic E-state index is 5.36. The summed E-state index contributed by atoms with van der Waals surface area (Å²) >= 11 is 0. The van der Waals surface area contributed by atoms with Gasteiger partial charge in [-0.15, -0.1) is 0 Å². The predicted molar refractivity (Wildman–Crippen MR) is 44.6 cm³/mol. The van der Waals surface area contributed by atoms with Crippen LogP contribution in [0.4, 0.5) is 0 Å². The van der Waals surface area contributed by atoms with Crippen molar-refractivity contribution in [1.82, 2.24) is 0 Å². The number of ether oxygens (including phenoxy) is 2. The van der Waals surface area contributed by atoms with Crippen molar-refractivity contribution in [2.24, 2.45) is 5.92 Å². The van der Waals surface area contributed by atoms with Crippen LogP contribution >= 0.6 is 0 Å². The summed E-state index contributed by atoms with van der Waals surface area (Å²) in [5.74, 6) is 0.554. The zero-order valence-electron chi connectivity index (χ0n) is 7.67. The second-order valence-corrected chi connectivity index (χ2v) is 3.34. The van der Waals surface area contributed by atoms with Crippen molar-refractivity contribution < 1.29 is 9.47 Å². The van der Waals surface area contributed by atoms with Crippen LogP contribution < -0.4 is 0 Å². The molecule has 0 aromatic carbocycles. The SMILES string of the molecule is COC1CCC[C@H](OC)[C@@H]1C. The Hall–Kier alpha value is -0.0800. The monoisotopic (exact) mass is 158 g/mol. The van der Waals surface area contributed by atoms with Crippen molar-refractivity contribution in [1.29, 1.82) is 0 Å². The second kappa shape index (κ2) is 4.07. The highest BCUT2D eigenvalue weighted by Crippen LogP contribution is 2.28. The van der Waals surface area contributed by atoms with E-state index in [1.165, 1.54) is 19.3 Å². The van der Waals surface area contributed by atoms with E-state index in [1.807, 2.05) is 0 Å². The standard InChI is InChI=1S/C9H18O2/c1-7-8(10-2)5-4-6-9(7)11-3/h7-9H,4-6H2,1-3H3/t7-,8-,9?/m0/s1. The Morgan fingerprint density at radius 3 is 1.82 bits per heavy atom. The molecule has 0 heterocycles. The van der Waals surface area contributed by atoms with Crippen LogP contribution in [0.1, 0.15) is 26.2 Å². The summed E-state index contributed by atoms with van der Waals surface area (Å²) in [4.78, 5) is 0. The Kier molecular flexibility index (Phi) is 3.34. The van der Waals surface area contributed by atoms with Gasteiger partial charge >= 0.3 is 0 Å². The smallest absolute Gasteiger partial charge is 0.0621 e. The molecule has 0 spiro atoms. The van der Waals surface area contributed by atoms with Crippen molar-refractivity contribution >= 4 is 0 Å². The molecular formula is C9H18O2. The molecule has 0 radical (unpaired) electrons. The quantitative estimate of drug-likeness (QED) is 0.610. The summed E-state index contributed by atoms with van der Waals surface area (Å²) in [7, 11) is 3.58. The molecular weight excluding hydrogens is 140 g/mol. The minimum Gasteiger partial charge on any atom is -0.381 e. The molecule has 1 saturated carbocycles. The maximum absolute atomic E-state index is 5.36. The van der Waals surface area contributed by atoms with E-state index in [2.05, 4.69) is 6.92 Å². The van der Waals surface area contributed by atoms with Crippen LogP contribution in [0.2, 0.25) is 0 Å². The highest BCUT2D eigenvalue weighted by Gasteiger charge is 2.29. The summed E-state index contributed by atoms with van der Waals surface area (Å²) in [5.41, 5.74) is 0. The summed E-state index contributed by atoms with van der Waals surface area (Å²) in [6.07, 6.45) is 4.44. The lowest BCUT2D eigenvalue weighted by atomic mass is 9.85. The molecule has 0 aromatic heterocycles. The molecule has 66 valence electrons. The molecule has 11 heavy (non-hydrogen) atoms. The first-order chi connectivity index (χ1) is 5.29. The Balaban J connectivity index is 2.45. The topological polar surface area (TPSA) is 18.5 Å². The first kappa shape index (κ1) is 9.01. The summed E-state index contributed by atoms with van der Waals surface area (Å²) in [6, 6.07) is 0. The van der Waals surface area contributed by atoms with Crippen LogP contribution in [0.25, 0.3) is 0 Å². The molecule has 2 nitrogen and oxygen atoms in total. The fourth-order valence-corrected chi connectivity index (χ4v) is 1.95. The molecule has 1 fully saturated rings. The Morgan fingerprint density at radius 1 is 1.00 bits per heavy atom. The molecule has 0 saturated heterocycles. The predicted octanol–water partition coefficient (Wildman–Crippen LogP) is 1.84. The minimum absolute atomic E-state index is 0.411. The fourth-order valence-electron chi connectivity index (χ4n) is 1.95. The lowest BCUT2D eigenvalue weighted by Crippen LogP contribution is -2.36. The van der Waals surface area contributed by atoms with Crippen molar-refractivity contribution in [3.63, 3.8) is 0 Å². The van der Waals surface area contributed by atoms with E-state index >= 15 is 0 Å². The first-order valence-electron chi connectivity index (χ1n) is 4.35. The van der Waals surface area contributed by atoms with Crippen LogP contribution in [0.5, 0.6) is 0 Å². The maximum Gasteiger partial charge on any atom is 0.0621 e. The number of methoxy groups -OCH3 is 2. The summed E-state index contributed by atoms with van der Waals surface area (Å²) in [5, 5.41) is 0. The van der Waals surface area contributed by atoms with E-state index in [1.54, 1.807) is 14.2 Å². The number of rotatable bonds is 2. The molecule has 1 aliphatic carbocycles. The van der Waals surface area contributed by atoms with Gasteiger partial charge in [-0.25, -0.2) is 0 Å². The van der Waals surface area contributed by atoms with Crippen LogP contribution in [0, 0.1) is 5.92 Å². The zero-order valence-corrected chi connectivity index (χ0v) is 7.67. The van der Waals surface area contributed by atoms with E-state index < -0.39 is 0 Å². The molecule has 0 amide bonds. The van der Waals surface area contributed by atoms with Crippen molar-refractivity contribution in [3.8, 4) is 0 Å². The van der Waals surface area contributed by atoms with Crippen molar-refractivity contribution in [2.45, 2.75) is 38.4 Å². The first-order valence-corrected chi connectivity index (χ1v) is 4.35. The Morgan fingerprint density at radius 2 is 1.45 bits per heavy atom. The second-order valence-electron chi connectivity index (χ2n) is 3.34. The van der Waals surface area contributed by atoms with E-state index in [4.69, 9.17) is 9.47 Å². The fraction of sp³-hybridized carbons (Fsp3) is 1.00. The molecule has 2 heteroatoms. The number of hydrogen-bond acceptors (Lipinski definition) is 2. The Bertz CT molecular complexity index is 102. The number of hydrogen-bond donors (Lipinski definition) is 0. The van der Waals surface area contributed by atoms with Gasteiger partial charge in [-0.2, -0.15) is 0 Å². The van der Waals surface area contributed by atoms with Gasteiger partial charge in [0.25, 0.3) is 0 Å². The summed E-state index contributed by atoms with van der Waals surface area (Å²) < 4.78 is 10.7. The molecule has 1 aliphatic rings. The summed E-state index contributed by atoms with van der Waals surface area (Å²) in [6.45, 7) is 2.21. The van der Waals surface area contributed by atoms with Gasteiger partial charge in [-0.05, 0) is 19.3 Å². The van der Waals surface area contributed by atoms with Gasteiger partial charge in [0.15, 0.2) is 0 Å². The van der Waals surface area contributed by atoms with E-state index in [0.717, 1.165) is 0 Å². The average Bonchev–Trinajstić information content (AvgIpc) is 2.05. The third-order valence-electron chi connectivity index (χ3n) is 2.76. The van der Waals surface area contributed by atoms with Gasteiger partial charge in [-0.1, -0.05) is 6.92 Å². The van der Waals surface area contributed by atoms with Crippen molar-refractivity contribution in [2.75, 3.05) is 14.2 Å². The average molecular weight is 158 g/mol. The molecule has 0 N–H and O–H groups in total. The molecule has 0 aliphatic heterocycles. The third kappa shape index (κ3) is 1.94. The van der Waals surface area contributed by atoms with Gasteiger partial charge in [-0.3, -0.25) is 0 Å². The van der Waals surface area contributed by atoms with Crippen LogP contribution in [0.3, 0.4) is 0 Å². The molecule has 0 aromatic rings. The van der Waals surface area contributed by atoms with Crippen molar-refractivity contribution in [3.05, 3.63) is 0 Å². The Labute approximate surface area is 68.9 Å². The zero-order chi connectivity index (χ0) is 8.27. The van der Waals surface area contributed by atoms with E-state index in [9.17, 15) is 0 Å². The molecule has 1 unspecified atom stereocenters. The van der Waals surface area contributed by atoms with Gasteiger partial charge in [0.05, 0.1) is 12.2 Å². The van der Waals surface area contributed by atoms with Crippen LogP contribution in [0.15, 0.2) is 0 Å². The molecule has 1 rings (SSSR count). The van der Waals surface area contributed by atoms with E-state index in [0.29, 0.717) is 18.1 Å². The third-order valence-corrected chi connectivity index (χ3v) is 2.76. The van der Waals surface area contributed by atoms with Crippen LogP contribution in [-0.2, 0) is 9.47 Å². The largest absolute Gasteiger partial charge is 0.381 e. The van der Waals surface area contributed by atoms with Gasteiger partial charge in [0, 0.05) is 20.1 Å². The lowest BCUT2D eigenvalue weighted by Gasteiger charge is -2.33. The normalized spacial score (nSPS) is 39.0.